The number of carboxylic acids is 1. The Balaban J connectivity index is 1.50. The second-order valence-electron chi connectivity index (χ2n) is 6.77. The molecule has 8 heteroatoms. The molecule has 0 spiro atoms. The molecule has 28 heavy (non-hydrogen) atoms. The summed E-state index contributed by atoms with van der Waals surface area (Å²) in [6.45, 7) is 3.23. The Bertz CT molecular complexity index is 793. The molecule has 1 aromatic heterocycles. The molecule has 148 valence electrons. The van der Waals surface area contributed by atoms with Gasteiger partial charge in [-0.25, -0.2) is 9.37 Å². The van der Waals surface area contributed by atoms with Crippen LogP contribution in [0.4, 0.5) is 15.9 Å². The zero-order valence-corrected chi connectivity index (χ0v) is 15.4. The second kappa shape index (κ2) is 9.27. The number of nitrogens with one attached hydrogen (secondary N) is 1. The van der Waals surface area contributed by atoms with Gasteiger partial charge < -0.3 is 15.3 Å². The van der Waals surface area contributed by atoms with Crippen LogP contribution >= 0.6 is 0 Å². The number of aromatic nitrogens is 1. The monoisotopic (exact) mass is 386 g/mol. The standard InChI is InChI=1S/C20H23FN4O3/c21-16-4-6-17(7-5-16)23-19(26)13-15(20(27)28)14-24-9-11-25(12-10-24)18-3-1-2-8-22-18/h1-8,15H,9-14H2,(H,23,26)(H,27,28)/t15-/m0/s1. The van der Waals surface area contributed by atoms with Crippen LogP contribution in [-0.2, 0) is 9.59 Å². The maximum Gasteiger partial charge on any atom is 0.308 e. The molecule has 1 atom stereocenters. The van der Waals surface area contributed by atoms with E-state index in [2.05, 4.69) is 20.1 Å². The summed E-state index contributed by atoms with van der Waals surface area (Å²) in [6.07, 6.45) is 1.62. The molecule has 2 aromatic rings. The molecule has 2 N–H and O–H groups in total. The highest BCUT2D eigenvalue weighted by Gasteiger charge is 2.26. The van der Waals surface area contributed by atoms with Crippen LogP contribution in [0.25, 0.3) is 0 Å². The lowest BCUT2D eigenvalue weighted by atomic mass is 10.0. The van der Waals surface area contributed by atoms with Gasteiger partial charge in [0.25, 0.3) is 0 Å². The first-order valence-corrected chi connectivity index (χ1v) is 9.18. The van der Waals surface area contributed by atoms with E-state index in [1.807, 2.05) is 18.2 Å². The van der Waals surface area contributed by atoms with Crippen molar-refractivity contribution in [3.63, 3.8) is 0 Å². The van der Waals surface area contributed by atoms with Gasteiger partial charge in [-0.1, -0.05) is 6.07 Å². The van der Waals surface area contributed by atoms with Crippen LogP contribution in [-0.4, -0.2) is 59.6 Å². The molecule has 7 nitrogen and oxygen atoms in total. The van der Waals surface area contributed by atoms with Crippen molar-refractivity contribution < 1.29 is 19.1 Å². The summed E-state index contributed by atoms with van der Waals surface area (Å²) in [7, 11) is 0. The number of piperazine rings is 1. The van der Waals surface area contributed by atoms with E-state index in [1.165, 1.54) is 24.3 Å². The van der Waals surface area contributed by atoms with Crippen LogP contribution in [0.3, 0.4) is 0 Å². The van der Waals surface area contributed by atoms with Gasteiger partial charge >= 0.3 is 5.97 Å². The first-order valence-electron chi connectivity index (χ1n) is 9.18. The van der Waals surface area contributed by atoms with E-state index in [4.69, 9.17) is 0 Å². The average Bonchev–Trinajstić information content (AvgIpc) is 2.70. The highest BCUT2D eigenvalue weighted by Crippen LogP contribution is 2.16. The molecule has 1 aliphatic heterocycles. The van der Waals surface area contributed by atoms with Gasteiger partial charge in [-0.05, 0) is 36.4 Å². The maximum atomic E-state index is 12.9. The molecule has 0 unspecified atom stereocenters. The smallest absolute Gasteiger partial charge is 0.308 e. The van der Waals surface area contributed by atoms with Crippen LogP contribution in [0, 0.1) is 11.7 Å². The fourth-order valence-corrected chi connectivity index (χ4v) is 3.21. The average molecular weight is 386 g/mol. The SMILES string of the molecule is O=C(C[C@@H](CN1CCN(c2ccccn2)CC1)C(=O)O)Nc1ccc(F)cc1. The van der Waals surface area contributed by atoms with Gasteiger partial charge in [-0.2, -0.15) is 0 Å². The number of anilines is 2. The third-order valence-electron chi connectivity index (χ3n) is 4.73. The molecule has 1 amide bonds. The zero-order chi connectivity index (χ0) is 19.9. The van der Waals surface area contributed by atoms with Gasteiger partial charge in [0.15, 0.2) is 0 Å². The Kier molecular flexibility index (Phi) is 6.54. The van der Waals surface area contributed by atoms with Crippen molar-refractivity contribution in [1.29, 1.82) is 0 Å². The number of halogens is 1. The lowest BCUT2D eigenvalue weighted by molar-refractivity contribution is -0.144. The summed E-state index contributed by atoms with van der Waals surface area (Å²) in [6, 6.07) is 11.1. The van der Waals surface area contributed by atoms with Gasteiger partial charge in [-0.3, -0.25) is 14.5 Å². The van der Waals surface area contributed by atoms with Crippen LogP contribution in [0.2, 0.25) is 0 Å². The third-order valence-corrected chi connectivity index (χ3v) is 4.73. The Morgan fingerprint density at radius 1 is 1.11 bits per heavy atom. The molecule has 1 aromatic carbocycles. The highest BCUT2D eigenvalue weighted by molar-refractivity contribution is 5.93. The number of rotatable bonds is 7. The summed E-state index contributed by atoms with van der Waals surface area (Å²) < 4.78 is 12.9. The molecule has 1 saturated heterocycles. The maximum absolute atomic E-state index is 12.9. The number of nitrogens with zero attached hydrogens (tertiary/aromatic N) is 3. The van der Waals surface area contributed by atoms with E-state index in [-0.39, 0.29) is 6.42 Å². The molecular weight excluding hydrogens is 363 g/mol. The number of hydrogen-bond donors (Lipinski definition) is 2. The summed E-state index contributed by atoms with van der Waals surface area (Å²) in [5, 5.41) is 12.1. The van der Waals surface area contributed by atoms with Crippen LogP contribution < -0.4 is 10.2 Å². The van der Waals surface area contributed by atoms with Gasteiger partial charge in [0.1, 0.15) is 11.6 Å². The Morgan fingerprint density at radius 3 is 2.43 bits per heavy atom. The van der Waals surface area contributed by atoms with Crippen LogP contribution in [0.15, 0.2) is 48.7 Å². The predicted molar refractivity (Wildman–Crippen MR) is 104 cm³/mol. The van der Waals surface area contributed by atoms with Crippen molar-refractivity contribution in [2.75, 3.05) is 42.9 Å². The Morgan fingerprint density at radius 2 is 1.82 bits per heavy atom. The summed E-state index contributed by atoms with van der Waals surface area (Å²) in [4.78, 5) is 32.4. The number of carboxylic acid groups (broad SMARTS) is 1. The number of carbonyl (C=O) groups is 2. The molecule has 1 fully saturated rings. The van der Waals surface area contributed by atoms with Gasteiger partial charge in [0.2, 0.25) is 5.91 Å². The van der Waals surface area contributed by atoms with E-state index in [0.717, 1.165) is 18.9 Å². The molecule has 3 rings (SSSR count). The third kappa shape index (κ3) is 5.50. The fourth-order valence-electron chi connectivity index (χ4n) is 3.21. The summed E-state index contributed by atoms with van der Waals surface area (Å²) in [5.74, 6) is -1.68. The summed E-state index contributed by atoms with van der Waals surface area (Å²) >= 11 is 0. The number of carbonyl (C=O) groups excluding carboxylic acids is 1. The topological polar surface area (TPSA) is 85.8 Å². The Hall–Kier alpha value is -3.00. The van der Waals surface area contributed by atoms with Crippen molar-refractivity contribution in [2.45, 2.75) is 6.42 Å². The van der Waals surface area contributed by atoms with Crippen molar-refractivity contribution in [1.82, 2.24) is 9.88 Å². The first-order chi connectivity index (χ1) is 13.5. The molecular formula is C20H23FN4O3. The van der Waals surface area contributed by atoms with Gasteiger partial charge in [0, 0.05) is 51.0 Å². The fraction of sp³-hybridized carbons (Fsp3) is 0.350. The van der Waals surface area contributed by atoms with Crippen LogP contribution in [0.5, 0.6) is 0 Å². The highest BCUT2D eigenvalue weighted by atomic mass is 19.1. The molecule has 2 heterocycles. The number of hydrogen-bond acceptors (Lipinski definition) is 5. The van der Waals surface area contributed by atoms with E-state index in [9.17, 15) is 19.1 Å². The summed E-state index contributed by atoms with van der Waals surface area (Å²) in [5.41, 5.74) is 0.444. The first kappa shape index (κ1) is 19.8. The van der Waals surface area contributed by atoms with Gasteiger partial charge in [0.05, 0.1) is 5.92 Å². The minimum atomic E-state index is -0.999. The normalized spacial score (nSPS) is 15.8. The van der Waals surface area contributed by atoms with Crippen molar-refractivity contribution in [3.05, 3.63) is 54.5 Å². The molecule has 0 saturated carbocycles. The van der Waals surface area contributed by atoms with E-state index >= 15 is 0 Å². The number of benzene rings is 1. The molecule has 0 bridgehead atoms. The number of amides is 1. The Labute approximate surface area is 162 Å². The minimum absolute atomic E-state index is 0.132. The second-order valence-corrected chi connectivity index (χ2v) is 6.77. The van der Waals surface area contributed by atoms with E-state index in [0.29, 0.717) is 25.3 Å². The number of aliphatic carboxylic acids is 1. The zero-order valence-electron chi connectivity index (χ0n) is 15.4. The predicted octanol–water partition coefficient (Wildman–Crippen LogP) is 2.07. The minimum Gasteiger partial charge on any atom is -0.481 e. The van der Waals surface area contributed by atoms with Crippen molar-refractivity contribution in [3.8, 4) is 0 Å². The van der Waals surface area contributed by atoms with Crippen molar-refractivity contribution in [2.24, 2.45) is 5.92 Å². The van der Waals surface area contributed by atoms with E-state index in [1.54, 1.807) is 6.20 Å². The molecule has 1 aliphatic rings. The molecule has 0 radical (unpaired) electrons. The largest absolute Gasteiger partial charge is 0.481 e. The lowest BCUT2D eigenvalue weighted by Gasteiger charge is -2.36. The molecule has 0 aliphatic carbocycles. The quantitative estimate of drug-likeness (QED) is 0.758. The number of pyridine rings is 1. The van der Waals surface area contributed by atoms with Crippen LogP contribution in [0.1, 0.15) is 6.42 Å². The van der Waals surface area contributed by atoms with E-state index < -0.39 is 23.6 Å². The lowest BCUT2D eigenvalue weighted by Crippen LogP contribution is -2.49. The van der Waals surface area contributed by atoms with Crippen molar-refractivity contribution >= 4 is 23.4 Å². The van der Waals surface area contributed by atoms with Gasteiger partial charge in [-0.15, -0.1) is 0 Å².